The first-order valence-corrected chi connectivity index (χ1v) is 35.9. The minimum Gasteiger partial charge on any atom is -0.463 e. The van der Waals surface area contributed by atoms with Crippen molar-refractivity contribution in [1.29, 1.82) is 0 Å². The van der Waals surface area contributed by atoms with Gasteiger partial charge < -0.3 is 34.2 Å². The Morgan fingerprint density at radius 1 is 0.341 bits per heavy atom. The van der Waals surface area contributed by atoms with Gasteiger partial charge in [-0.15, -0.1) is 0 Å². The number of ether oxygens (including phenoxy) is 3. The highest BCUT2D eigenvalue weighted by Gasteiger charge is 2.29. The van der Waals surface area contributed by atoms with Gasteiger partial charge in [0.05, 0.1) is 26.4 Å². The van der Waals surface area contributed by atoms with Gasteiger partial charge in [0.25, 0.3) is 0 Å². The number of hydrogen-bond donors (Lipinski definition) is 4. The molecular weight excluding hydrogens is 1120 g/mol. The van der Waals surface area contributed by atoms with Crippen LogP contribution in [0.25, 0.3) is 0 Å². The quantitative estimate of drug-likeness (QED) is 0.0146. The van der Waals surface area contributed by atoms with E-state index in [2.05, 4.69) is 106 Å². The summed E-state index contributed by atoms with van der Waals surface area (Å²) >= 11 is 0. The predicted molar refractivity (Wildman–Crippen MR) is 344 cm³/mol. The average molecular weight is 1240 g/mol. The molecule has 0 aliphatic carbocycles. The van der Waals surface area contributed by atoms with E-state index in [1.807, 2.05) is 0 Å². The first kappa shape index (κ1) is 81.7. The van der Waals surface area contributed by atoms with Crippen LogP contribution in [0.5, 0.6) is 0 Å². The summed E-state index contributed by atoms with van der Waals surface area (Å²) in [7, 11) is -9.77. The molecule has 0 aromatic rings. The van der Waals surface area contributed by atoms with Crippen LogP contribution in [0.4, 0.5) is 0 Å². The van der Waals surface area contributed by atoms with E-state index in [1.54, 1.807) is 0 Å². The lowest BCUT2D eigenvalue weighted by Crippen LogP contribution is -2.30. The molecule has 5 unspecified atom stereocenters. The zero-order valence-electron chi connectivity index (χ0n) is 53.0. The summed E-state index contributed by atoms with van der Waals surface area (Å²) in [5, 5.41) is 20.5. The molecule has 0 amide bonds. The van der Waals surface area contributed by atoms with Gasteiger partial charge in [-0.2, -0.15) is 0 Å². The molecule has 5 atom stereocenters. The van der Waals surface area contributed by atoms with E-state index >= 15 is 0 Å². The number of aliphatic hydroxyl groups is 2. The van der Waals surface area contributed by atoms with Crippen LogP contribution in [0.3, 0.4) is 0 Å². The molecule has 0 aromatic heterocycles. The summed E-state index contributed by atoms with van der Waals surface area (Å²) in [5.41, 5.74) is 0. The Morgan fingerprint density at radius 3 is 1.00 bits per heavy atom. The van der Waals surface area contributed by atoms with Crippen LogP contribution in [0.1, 0.15) is 265 Å². The maximum absolute atomic E-state index is 12.9. The minimum atomic E-state index is -4.92. The maximum atomic E-state index is 12.9. The summed E-state index contributed by atoms with van der Waals surface area (Å²) in [6.07, 6.45) is 63.6. The second-order valence-electron chi connectivity index (χ2n) is 21.9. The first-order valence-electron chi connectivity index (χ1n) is 32.9. The molecule has 0 radical (unpaired) electrons. The van der Waals surface area contributed by atoms with Gasteiger partial charge in [0.1, 0.15) is 25.4 Å². The largest absolute Gasteiger partial charge is 0.472 e. The Hall–Kier alpha value is -3.27. The molecule has 16 nitrogen and oxygen atoms in total. The monoisotopic (exact) mass is 1240 g/mol. The Bertz CT molecular complexity index is 1900. The third kappa shape index (κ3) is 62.1. The van der Waals surface area contributed by atoms with E-state index in [0.29, 0.717) is 19.3 Å². The van der Waals surface area contributed by atoms with Gasteiger partial charge in [0, 0.05) is 19.3 Å². The normalized spacial score (nSPS) is 14.9. The van der Waals surface area contributed by atoms with Crippen LogP contribution >= 0.6 is 15.6 Å². The highest BCUT2D eigenvalue weighted by atomic mass is 31.2. The summed E-state index contributed by atoms with van der Waals surface area (Å²) in [5.74, 6) is -1.60. The molecule has 492 valence electrons. The van der Waals surface area contributed by atoms with Crippen molar-refractivity contribution < 1.29 is 75.8 Å². The van der Waals surface area contributed by atoms with Crippen LogP contribution in [-0.4, -0.2) is 95.9 Å². The van der Waals surface area contributed by atoms with Crippen molar-refractivity contribution in [2.75, 3.05) is 39.6 Å². The van der Waals surface area contributed by atoms with E-state index in [1.165, 1.54) is 51.4 Å². The molecule has 85 heavy (non-hydrogen) atoms. The molecule has 0 rings (SSSR count). The lowest BCUT2D eigenvalue weighted by Gasteiger charge is -2.21. The van der Waals surface area contributed by atoms with Crippen LogP contribution < -0.4 is 0 Å². The molecule has 0 saturated carbocycles. The number of phosphoric acid groups is 2. The van der Waals surface area contributed by atoms with Gasteiger partial charge in [-0.3, -0.25) is 32.5 Å². The van der Waals surface area contributed by atoms with E-state index < -0.39 is 91.5 Å². The summed E-state index contributed by atoms with van der Waals surface area (Å²) in [6.45, 7) is 2.49. The van der Waals surface area contributed by atoms with Crippen molar-refractivity contribution in [2.45, 2.75) is 283 Å². The Kier molecular flexibility index (Phi) is 58.6. The van der Waals surface area contributed by atoms with Crippen LogP contribution in [0, 0.1) is 0 Å². The Balaban J connectivity index is 4.56. The second-order valence-corrected chi connectivity index (χ2v) is 24.8. The van der Waals surface area contributed by atoms with E-state index in [4.69, 9.17) is 32.3 Å². The van der Waals surface area contributed by atoms with Gasteiger partial charge in [-0.05, 0) is 116 Å². The predicted octanol–water partition coefficient (Wildman–Crippen LogP) is 17.8. The molecule has 0 aromatic carbocycles. The van der Waals surface area contributed by atoms with Gasteiger partial charge in [0.2, 0.25) is 0 Å². The SMILES string of the molecule is CC/C=C\C/C=C\C/C=C\C/C=C\C/C=C\CCCCCCCCCC(=O)OCC(O)COP(=O)(O)OCC(O)COP(=O)(O)OCC(COC(=O)CCCCCCC/C=C\CCCCCC)OC(=O)CCCCCCC/C=C\CCCCCC. The molecule has 0 fully saturated rings. The molecule has 0 aliphatic heterocycles. The third-order valence-electron chi connectivity index (χ3n) is 13.6. The standard InChI is InChI=1S/C67H118O16P2/c1-4-7-10-13-16-19-22-25-26-27-28-29-30-31-32-33-34-37-39-41-44-47-50-53-65(70)77-56-62(68)57-79-84(73,74)80-58-63(69)59-81-85(75,76)82-61-64(83-67(72)55-52-49-46-43-40-36-24-21-18-15-12-9-6-3)60-78-66(71)54-51-48-45-42-38-35-23-20-17-14-11-8-5-2/h7,10,16,19-21,23-26,28-29,31-32,62-64,68-69H,4-6,8-9,11-15,17-18,22,27,30,33-61H2,1-3H3,(H,73,74)(H,75,76)/b10-7-,19-16-,23-20-,24-21-,26-25-,29-28-,32-31-. The highest BCUT2D eigenvalue weighted by molar-refractivity contribution is 7.47. The smallest absolute Gasteiger partial charge is 0.463 e. The van der Waals surface area contributed by atoms with E-state index in [0.717, 1.165) is 154 Å². The van der Waals surface area contributed by atoms with Crippen molar-refractivity contribution in [3.05, 3.63) is 85.1 Å². The highest BCUT2D eigenvalue weighted by Crippen LogP contribution is 2.45. The molecule has 0 aliphatic rings. The third-order valence-corrected chi connectivity index (χ3v) is 15.5. The Labute approximate surface area is 515 Å². The summed E-state index contributed by atoms with van der Waals surface area (Å²) in [6, 6.07) is 0. The fourth-order valence-electron chi connectivity index (χ4n) is 8.53. The molecule has 0 bridgehead atoms. The fourth-order valence-corrected chi connectivity index (χ4v) is 10.1. The minimum absolute atomic E-state index is 0.0940. The molecule has 0 heterocycles. The number of allylic oxidation sites excluding steroid dienone is 14. The summed E-state index contributed by atoms with van der Waals surface area (Å²) < 4.78 is 60.7. The maximum Gasteiger partial charge on any atom is 0.472 e. The zero-order chi connectivity index (χ0) is 62.4. The van der Waals surface area contributed by atoms with Crippen molar-refractivity contribution >= 4 is 33.6 Å². The molecular formula is C67H118O16P2. The molecule has 0 spiro atoms. The van der Waals surface area contributed by atoms with Crippen LogP contribution in [0.15, 0.2) is 85.1 Å². The van der Waals surface area contributed by atoms with Crippen LogP contribution in [0.2, 0.25) is 0 Å². The van der Waals surface area contributed by atoms with Crippen molar-refractivity contribution in [3.8, 4) is 0 Å². The molecule has 4 N–H and O–H groups in total. The average Bonchev–Trinajstić information content (AvgIpc) is 3.51. The van der Waals surface area contributed by atoms with Crippen molar-refractivity contribution in [1.82, 2.24) is 0 Å². The number of carbonyl (C=O) groups is 3. The topological polar surface area (TPSA) is 231 Å². The lowest BCUT2D eigenvalue weighted by molar-refractivity contribution is -0.161. The number of carbonyl (C=O) groups excluding carboxylic acids is 3. The second kappa shape index (κ2) is 61.0. The van der Waals surface area contributed by atoms with Gasteiger partial charge in [-0.25, -0.2) is 9.13 Å². The zero-order valence-corrected chi connectivity index (χ0v) is 54.8. The lowest BCUT2D eigenvalue weighted by atomic mass is 10.1. The number of hydrogen-bond acceptors (Lipinski definition) is 14. The molecule has 18 heteroatoms. The van der Waals surface area contributed by atoms with Crippen molar-refractivity contribution in [2.24, 2.45) is 0 Å². The van der Waals surface area contributed by atoms with Crippen molar-refractivity contribution in [3.63, 3.8) is 0 Å². The number of unbranched alkanes of at least 4 members (excludes halogenated alkanes) is 25. The first-order chi connectivity index (χ1) is 41.2. The fraction of sp³-hybridized carbons (Fsp3) is 0.746. The number of rotatable bonds is 62. The summed E-state index contributed by atoms with van der Waals surface area (Å²) in [4.78, 5) is 58.2. The number of esters is 3. The molecule has 0 saturated heterocycles. The number of phosphoric ester groups is 2. The van der Waals surface area contributed by atoms with Gasteiger partial charge >= 0.3 is 33.6 Å². The van der Waals surface area contributed by atoms with Crippen LogP contribution in [-0.2, 0) is 55.8 Å². The van der Waals surface area contributed by atoms with Gasteiger partial charge in [-0.1, -0.05) is 215 Å². The van der Waals surface area contributed by atoms with Gasteiger partial charge in [0.15, 0.2) is 6.10 Å². The number of aliphatic hydroxyl groups excluding tert-OH is 2. The Morgan fingerprint density at radius 2 is 0.624 bits per heavy atom. The van der Waals surface area contributed by atoms with E-state index in [-0.39, 0.29) is 19.3 Å². The van der Waals surface area contributed by atoms with E-state index in [9.17, 15) is 43.5 Å².